The van der Waals surface area contributed by atoms with Crippen LogP contribution in [-0.2, 0) is 6.18 Å². The van der Waals surface area contributed by atoms with E-state index < -0.39 is 11.7 Å². The summed E-state index contributed by atoms with van der Waals surface area (Å²) in [5.41, 5.74) is 0.305. The Morgan fingerprint density at radius 3 is 2.21 bits per heavy atom. The molecule has 0 unspecified atom stereocenters. The lowest BCUT2D eigenvalue weighted by Gasteiger charge is -2.10. The van der Waals surface area contributed by atoms with Gasteiger partial charge in [-0.05, 0) is 42.3 Å². The molecule has 2 aromatic carbocycles. The van der Waals surface area contributed by atoms with Gasteiger partial charge in [-0.3, -0.25) is 0 Å². The smallest absolute Gasteiger partial charge is 0.416 e. The van der Waals surface area contributed by atoms with Gasteiger partial charge in [-0.2, -0.15) is 13.2 Å². The van der Waals surface area contributed by atoms with E-state index in [0.29, 0.717) is 5.75 Å². The second-order valence-electron chi connectivity index (χ2n) is 3.99. The minimum atomic E-state index is -4.36. The van der Waals surface area contributed by atoms with Crippen molar-refractivity contribution in [1.29, 1.82) is 0 Å². The summed E-state index contributed by atoms with van der Waals surface area (Å²) in [4.78, 5) is 0. The fourth-order valence-corrected chi connectivity index (χ4v) is 1.60. The first-order valence-electron chi connectivity index (χ1n) is 5.73. The Hall–Kier alpha value is -1.97. The molecule has 0 aliphatic rings. The first-order valence-corrected chi connectivity index (χ1v) is 5.73. The number of rotatable bonds is 3. The first-order chi connectivity index (χ1) is 8.99. The van der Waals surface area contributed by atoms with Crippen molar-refractivity contribution in [3.63, 3.8) is 0 Å². The molecule has 0 aliphatic heterocycles. The molecule has 99 valence electrons. The van der Waals surface area contributed by atoms with E-state index in [1.165, 1.54) is 12.1 Å². The monoisotopic (exact) mass is 265 g/mol. The lowest BCUT2D eigenvalue weighted by atomic mass is 10.2. The Kier molecular flexibility index (Phi) is 3.79. The third kappa shape index (κ3) is 3.50. The summed E-state index contributed by atoms with van der Waals surface area (Å²) in [5, 5.41) is 0. The van der Waals surface area contributed by atoms with Crippen LogP contribution in [0.4, 0.5) is 13.2 Å². The predicted octanol–water partition coefficient (Wildman–Crippen LogP) is 5.07. The molecule has 2 aromatic rings. The van der Waals surface area contributed by atoms with Gasteiger partial charge < -0.3 is 4.74 Å². The van der Waals surface area contributed by atoms with Crippen molar-refractivity contribution in [2.24, 2.45) is 0 Å². The molecule has 0 atom stereocenters. The van der Waals surface area contributed by atoms with Crippen LogP contribution in [0.15, 0.2) is 48.5 Å². The van der Waals surface area contributed by atoms with Crippen LogP contribution in [0.2, 0.25) is 0 Å². The highest BCUT2D eigenvalue weighted by Crippen LogP contribution is 2.32. The van der Waals surface area contributed by atoms with Gasteiger partial charge in [0.05, 0.1) is 5.56 Å². The molecule has 19 heavy (non-hydrogen) atoms. The standard InChI is InChI=1S/C15H12F3O/c1-2-11-6-8-13(9-7-11)19-14-5-3-4-12(10-14)15(16,17)18/h2-10H,1H3. The van der Waals surface area contributed by atoms with Gasteiger partial charge in [-0.25, -0.2) is 0 Å². The van der Waals surface area contributed by atoms with E-state index >= 15 is 0 Å². The van der Waals surface area contributed by atoms with Crippen LogP contribution in [0.25, 0.3) is 0 Å². The highest BCUT2D eigenvalue weighted by atomic mass is 19.4. The minimum absolute atomic E-state index is 0.169. The Labute approximate surface area is 109 Å². The van der Waals surface area contributed by atoms with Gasteiger partial charge in [0.1, 0.15) is 11.5 Å². The van der Waals surface area contributed by atoms with Gasteiger partial charge >= 0.3 is 6.18 Å². The molecule has 0 saturated carbocycles. The average Bonchev–Trinajstić information content (AvgIpc) is 2.39. The molecule has 0 aliphatic carbocycles. The van der Waals surface area contributed by atoms with Crippen LogP contribution in [0.3, 0.4) is 0 Å². The lowest BCUT2D eigenvalue weighted by molar-refractivity contribution is -0.137. The normalized spacial score (nSPS) is 11.4. The SMILES string of the molecule is C[CH]c1ccc(Oc2cccc(C(F)(F)F)c2)cc1. The Morgan fingerprint density at radius 2 is 1.63 bits per heavy atom. The van der Waals surface area contributed by atoms with Gasteiger partial charge in [-0.15, -0.1) is 0 Å². The fraction of sp³-hybridized carbons (Fsp3) is 0.133. The maximum absolute atomic E-state index is 12.5. The summed E-state index contributed by atoms with van der Waals surface area (Å²) in [5.74, 6) is 0.674. The molecule has 0 aromatic heterocycles. The molecule has 4 heteroatoms. The molecule has 0 N–H and O–H groups in total. The summed E-state index contributed by atoms with van der Waals surface area (Å²) in [6, 6.07) is 11.9. The number of alkyl halides is 3. The maximum atomic E-state index is 12.5. The third-order valence-corrected chi connectivity index (χ3v) is 2.61. The zero-order valence-corrected chi connectivity index (χ0v) is 10.2. The molecular weight excluding hydrogens is 253 g/mol. The van der Waals surface area contributed by atoms with E-state index in [-0.39, 0.29) is 5.75 Å². The topological polar surface area (TPSA) is 9.23 Å². The number of hydrogen-bond acceptors (Lipinski definition) is 1. The molecule has 0 saturated heterocycles. The Balaban J connectivity index is 2.18. The van der Waals surface area contributed by atoms with Gasteiger partial charge in [0.2, 0.25) is 0 Å². The third-order valence-electron chi connectivity index (χ3n) is 2.61. The number of ether oxygens (including phenoxy) is 1. The van der Waals surface area contributed by atoms with Crippen molar-refractivity contribution in [1.82, 2.24) is 0 Å². The summed E-state index contributed by atoms with van der Waals surface area (Å²) in [6.45, 7) is 1.91. The van der Waals surface area contributed by atoms with Gasteiger partial charge in [-0.1, -0.05) is 25.1 Å². The minimum Gasteiger partial charge on any atom is -0.457 e. The summed E-state index contributed by atoms with van der Waals surface area (Å²) in [7, 11) is 0. The van der Waals surface area contributed by atoms with Crippen LogP contribution >= 0.6 is 0 Å². The Morgan fingerprint density at radius 1 is 0.947 bits per heavy atom. The van der Waals surface area contributed by atoms with Crippen LogP contribution in [0.5, 0.6) is 11.5 Å². The number of benzene rings is 2. The van der Waals surface area contributed by atoms with Crippen molar-refractivity contribution < 1.29 is 17.9 Å². The molecule has 0 bridgehead atoms. The predicted molar refractivity (Wildman–Crippen MR) is 67.0 cm³/mol. The van der Waals surface area contributed by atoms with Crippen molar-refractivity contribution in [2.75, 3.05) is 0 Å². The average molecular weight is 265 g/mol. The second kappa shape index (κ2) is 5.34. The van der Waals surface area contributed by atoms with Crippen molar-refractivity contribution in [3.05, 3.63) is 66.1 Å². The second-order valence-corrected chi connectivity index (χ2v) is 3.99. The first kappa shape index (κ1) is 13.5. The molecule has 0 amide bonds. The zero-order chi connectivity index (χ0) is 13.9. The van der Waals surface area contributed by atoms with Crippen LogP contribution in [0.1, 0.15) is 18.1 Å². The van der Waals surface area contributed by atoms with E-state index in [1.54, 1.807) is 12.1 Å². The van der Waals surface area contributed by atoms with E-state index in [0.717, 1.165) is 17.7 Å². The van der Waals surface area contributed by atoms with Gasteiger partial charge in [0.25, 0.3) is 0 Å². The quantitative estimate of drug-likeness (QED) is 0.752. The van der Waals surface area contributed by atoms with E-state index in [1.807, 2.05) is 25.5 Å². The van der Waals surface area contributed by atoms with E-state index in [2.05, 4.69) is 0 Å². The summed E-state index contributed by atoms with van der Waals surface area (Å²) < 4.78 is 43.0. The largest absolute Gasteiger partial charge is 0.457 e. The van der Waals surface area contributed by atoms with Crippen LogP contribution in [0, 0.1) is 6.42 Å². The number of halogens is 3. The molecule has 0 heterocycles. The number of hydrogen-bond donors (Lipinski definition) is 0. The molecule has 0 spiro atoms. The highest BCUT2D eigenvalue weighted by molar-refractivity contribution is 5.37. The highest BCUT2D eigenvalue weighted by Gasteiger charge is 2.30. The fourth-order valence-electron chi connectivity index (χ4n) is 1.60. The van der Waals surface area contributed by atoms with Crippen LogP contribution in [-0.4, -0.2) is 0 Å². The van der Waals surface area contributed by atoms with Crippen molar-refractivity contribution in [3.8, 4) is 11.5 Å². The van der Waals surface area contributed by atoms with Gasteiger partial charge in [0.15, 0.2) is 0 Å². The van der Waals surface area contributed by atoms with E-state index in [4.69, 9.17) is 4.74 Å². The van der Waals surface area contributed by atoms with Crippen LogP contribution < -0.4 is 4.74 Å². The molecular formula is C15H12F3O. The van der Waals surface area contributed by atoms with E-state index in [9.17, 15) is 13.2 Å². The van der Waals surface area contributed by atoms with Crippen molar-refractivity contribution in [2.45, 2.75) is 13.1 Å². The molecule has 1 radical (unpaired) electrons. The van der Waals surface area contributed by atoms with Crippen molar-refractivity contribution >= 4 is 0 Å². The maximum Gasteiger partial charge on any atom is 0.416 e. The zero-order valence-electron chi connectivity index (χ0n) is 10.2. The van der Waals surface area contributed by atoms with Gasteiger partial charge in [0, 0.05) is 0 Å². The summed E-state index contributed by atoms with van der Waals surface area (Å²) >= 11 is 0. The Bertz CT molecular complexity index is 544. The molecule has 1 nitrogen and oxygen atoms in total. The lowest BCUT2D eigenvalue weighted by Crippen LogP contribution is -2.04. The molecule has 0 fully saturated rings. The summed E-state index contributed by atoms with van der Waals surface area (Å²) in [6.07, 6.45) is -2.44. The molecule has 2 rings (SSSR count).